The molecular weight excluding hydrogens is 1490 g/mol. The molecule has 0 amide bonds. The van der Waals surface area contributed by atoms with Gasteiger partial charge in [0, 0.05) is 85.6 Å². The van der Waals surface area contributed by atoms with Crippen LogP contribution in [-0.2, 0) is 72.5 Å². The zero-order valence-electron chi connectivity index (χ0n) is 53.6. The first-order valence-electron chi connectivity index (χ1n) is 30.7. The first-order valence-corrected chi connectivity index (χ1v) is 30.7. The van der Waals surface area contributed by atoms with Crippen molar-refractivity contribution < 1.29 is 52.3 Å². The number of benzene rings is 10. The molecule has 0 spiro atoms. The molecular formula is C82H72N6O2Pt2-2. The van der Waals surface area contributed by atoms with Gasteiger partial charge < -0.3 is 19.3 Å². The van der Waals surface area contributed by atoms with E-state index in [-0.39, 0.29) is 69.9 Å². The Labute approximate surface area is 568 Å². The molecule has 92 heavy (non-hydrogen) atoms. The molecule has 0 atom stereocenters. The summed E-state index contributed by atoms with van der Waals surface area (Å²) >= 11 is 0. The normalized spacial score (nSPS) is 11.8. The predicted octanol–water partition coefficient (Wildman–Crippen LogP) is 20.5. The van der Waals surface area contributed by atoms with Crippen LogP contribution in [0.25, 0.3) is 133 Å². The van der Waals surface area contributed by atoms with Gasteiger partial charge in [-0.2, -0.15) is 0 Å². The summed E-state index contributed by atoms with van der Waals surface area (Å²) in [4.78, 5) is 19.8. The fourth-order valence-electron chi connectivity index (χ4n) is 12.1. The molecule has 0 saturated carbocycles. The number of pyridine rings is 2. The third-order valence-corrected chi connectivity index (χ3v) is 17.4. The van der Waals surface area contributed by atoms with Crippen LogP contribution in [0.4, 0.5) is 0 Å². The summed E-state index contributed by atoms with van der Waals surface area (Å²) in [5, 5.41) is 27.4. The van der Waals surface area contributed by atoms with Crippen LogP contribution >= 0.6 is 0 Å². The number of rotatable bonds is 8. The zero-order chi connectivity index (χ0) is 62.8. The number of hydrogen-bond donors (Lipinski definition) is 2. The molecule has 8 nitrogen and oxygen atoms in total. The van der Waals surface area contributed by atoms with Crippen LogP contribution in [-0.4, -0.2) is 39.3 Å². The van der Waals surface area contributed by atoms with Crippen molar-refractivity contribution in [2.24, 2.45) is 14.1 Å². The molecule has 0 bridgehead atoms. The van der Waals surface area contributed by atoms with Crippen LogP contribution in [0, 0.1) is 12.1 Å². The molecule has 0 unspecified atom stereocenters. The Morgan fingerprint density at radius 3 is 1.25 bits per heavy atom. The molecule has 0 fully saturated rings. The minimum absolute atomic E-state index is 0. The molecule has 10 heteroatoms. The molecule has 14 rings (SSSR count). The average Bonchev–Trinajstić information content (AvgIpc) is 1.57. The van der Waals surface area contributed by atoms with Crippen LogP contribution in [0.1, 0.15) is 79.0 Å². The van der Waals surface area contributed by atoms with E-state index in [4.69, 9.17) is 19.9 Å². The largest absolute Gasteiger partial charge is 0.507 e. The molecule has 0 aliphatic heterocycles. The summed E-state index contributed by atoms with van der Waals surface area (Å²) in [5.74, 6) is 1.98. The molecule has 0 aliphatic carbocycles. The third kappa shape index (κ3) is 12.7. The van der Waals surface area contributed by atoms with Crippen molar-refractivity contribution in [2.45, 2.75) is 78.6 Å². The summed E-state index contributed by atoms with van der Waals surface area (Å²) in [6, 6.07) is 80.5. The molecule has 0 aliphatic rings. The SMILES string of the molecule is Cn1c(-c2cc(C(C)(C)C)cc(C(C)(C)C)c2O)nc2c(-c3[c-]c(-c4cc(-c5ccc6ccccc6c5)ccn4)ccc3)cccc21.Cn1c(-c2cc(C(C)(C)C)ccc2O)nc2c(-c3[c-]c(-c4cc(-c5ccc6ccccc6c5)ccn4)ccc3)cccc21.[Pt].[Pt]. The number of aryl methyl sites for hydroxylation is 2. The predicted molar refractivity (Wildman–Crippen MR) is 373 cm³/mol. The van der Waals surface area contributed by atoms with E-state index in [2.05, 4.69) is 272 Å². The van der Waals surface area contributed by atoms with Crippen molar-refractivity contribution in [2.75, 3.05) is 0 Å². The van der Waals surface area contributed by atoms with Gasteiger partial charge in [0.15, 0.2) is 0 Å². The molecule has 4 aromatic heterocycles. The van der Waals surface area contributed by atoms with Crippen molar-refractivity contribution in [3.63, 3.8) is 0 Å². The molecule has 0 radical (unpaired) electrons. The Morgan fingerprint density at radius 2 is 0.783 bits per heavy atom. The summed E-state index contributed by atoms with van der Waals surface area (Å²) in [6.07, 6.45) is 3.74. The summed E-state index contributed by atoms with van der Waals surface area (Å²) in [6.45, 7) is 19.6. The second-order valence-electron chi connectivity index (χ2n) is 26.7. The quantitative estimate of drug-likeness (QED) is 0.147. The molecule has 464 valence electrons. The minimum atomic E-state index is -0.231. The monoisotopic (exact) mass is 1560 g/mol. The van der Waals surface area contributed by atoms with E-state index in [0.29, 0.717) is 0 Å². The molecule has 0 saturated heterocycles. The van der Waals surface area contributed by atoms with Gasteiger partial charge in [-0.25, -0.2) is 9.97 Å². The Kier molecular flexibility index (Phi) is 17.9. The number of hydrogen-bond acceptors (Lipinski definition) is 6. The standard InChI is InChI=1S/C43H40N3O.C39H32N3O.2Pt/c1-42(2,3)33-25-35(40(47)36(26-33)43(4,5)6)41-45-39-34(16-11-17-38(39)46(41)7)31-14-10-15-32(23-31)37-24-30(20-21-44-37)29-19-18-27-12-8-9-13-28(27)22-29;1-39(2,3)31-17-18-36(43)33(24-31)38-41-37-32(13-8-14-35(37)42(38)4)29-11-7-12-30(22-29)34-23-28(19-20-40-34)27-16-15-25-9-5-6-10-26(25)21-27;;/h8-22,24-26,47H,1-7H3;5-21,23-24,43H,1-4H3;;/q2*-1;;. The number of aromatic nitrogens is 6. The number of nitrogens with zero attached hydrogens (tertiary/aromatic N) is 6. The van der Waals surface area contributed by atoms with Crippen LogP contribution in [0.5, 0.6) is 11.5 Å². The van der Waals surface area contributed by atoms with Gasteiger partial charge in [-0.3, -0.25) is 9.97 Å². The Morgan fingerprint density at radius 1 is 0.359 bits per heavy atom. The number of fused-ring (bicyclic) bond motifs is 4. The molecule has 14 aromatic rings. The van der Waals surface area contributed by atoms with Gasteiger partial charge in [0.1, 0.15) is 23.1 Å². The van der Waals surface area contributed by atoms with Crippen molar-refractivity contribution in [3.8, 4) is 101 Å². The number of phenolic OH excluding ortho intramolecular Hbond substituents is 2. The summed E-state index contributed by atoms with van der Waals surface area (Å²) < 4.78 is 4.14. The first-order chi connectivity index (χ1) is 43.1. The fraction of sp³-hybridized carbons (Fsp3) is 0.171. The van der Waals surface area contributed by atoms with Crippen molar-refractivity contribution in [1.82, 2.24) is 29.1 Å². The van der Waals surface area contributed by atoms with Crippen LogP contribution < -0.4 is 0 Å². The fourth-order valence-corrected chi connectivity index (χ4v) is 12.1. The van der Waals surface area contributed by atoms with E-state index in [0.717, 1.165) is 123 Å². The maximum atomic E-state index is 11.7. The third-order valence-electron chi connectivity index (χ3n) is 17.4. The topological polar surface area (TPSA) is 102 Å². The minimum Gasteiger partial charge on any atom is -0.507 e. The van der Waals surface area contributed by atoms with Gasteiger partial charge in [-0.1, -0.05) is 206 Å². The van der Waals surface area contributed by atoms with E-state index in [1.54, 1.807) is 6.07 Å². The van der Waals surface area contributed by atoms with Gasteiger partial charge in [-0.05, 0) is 126 Å². The van der Waals surface area contributed by atoms with Gasteiger partial charge in [0.05, 0.1) is 33.2 Å². The smallest absolute Gasteiger partial charge is 0.143 e. The number of imidazole rings is 2. The maximum Gasteiger partial charge on any atom is 0.143 e. The molecule has 4 heterocycles. The van der Waals surface area contributed by atoms with E-state index in [1.165, 1.54) is 27.1 Å². The van der Waals surface area contributed by atoms with E-state index >= 15 is 0 Å². The molecule has 10 aromatic carbocycles. The maximum absolute atomic E-state index is 11.7. The number of para-hydroxylation sites is 2. The van der Waals surface area contributed by atoms with Crippen molar-refractivity contribution in [1.29, 1.82) is 0 Å². The molecule has 2 N–H and O–H groups in total. The van der Waals surface area contributed by atoms with Gasteiger partial charge in [0.2, 0.25) is 0 Å². The van der Waals surface area contributed by atoms with Crippen LogP contribution in [0.15, 0.2) is 225 Å². The van der Waals surface area contributed by atoms with Crippen molar-refractivity contribution in [3.05, 3.63) is 254 Å². The number of aromatic hydroxyl groups is 2. The van der Waals surface area contributed by atoms with Crippen molar-refractivity contribution >= 4 is 43.6 Å². The second-order valence-corrected chi connectivity index (χ2v) is 26.7. The van der Waals surface area contributed by atoms with E-state index in [9.17, 15) is 10.2 Å². The summed E-state index contributed by atoms with van der Waals surface area (Å²) in [5.41, 5.74) is 20.0. The van der Waals surface area contributed by atoms with E-state index in [1.807, 2.05) is 44.7 Å². The number of phenols is 2. The van der Waals surface area contributed by atoms with Gasteiger partial charge in [-0.15, -0.1) is 59.7 Å². The summed E-state index contributed by atoms with van der Waals surface area (Å²) in [7, 11) is 4.02. The Bertz CT molecular complexity index is 5100. The Balaban J connectivity index is 0.000000185. The average molecular weight is 1560 g/mol. The van der Waals surface area contributed by atoms with Gasteiger partial charge in [0.25, 0.3) is 0 Å². The Hall–Kier alpha value is -9.06. The second kappa shape index (κ2) is 25.6. The van der Waals surface area contributed by atoms with Gasteiger partial charge >= 0.3 is 0 Å². The first kappa shape index (κ1) is 64.5. The van der Waals surface area contributed by atoms with Crippen LogP contribution in [0.2, 0.25) is 0 Å². The zero-order valence-corrected chi connectivity index (χ0v) is 58.1. The van der Waals surface area contributed by atoms with Crippen LogP contribution in [0.3, 0.4) is 0 Å². The van der Waals surface area contributed by atoms with E-state index < -0.39 is 0 Å².